The van der Waals surface area contributed by atoms with E-state index >= 15 is 0 Å². The van der Waals surface area contributed by atoms with E-state index in [0.717, 1.165) is 10.0 Å². The molecule has 0 spiro atoms. The van der Waals surface area contributed by atoms with Gasteiger partial charge in [0.15, 0.2) is 23.0 Å². The van der Waals surface area contributed by atoms with Gasteiger partial charge < -0.3 is 24.3 Å². The first-order chi connectivity index (χ1) is 14.0. The number of carbonyl (C=O) groups is 2. The largest absolute Gasteiger partial charge is 0.486 e. The molecule has 0 bridgehead atoms. The molecule has 150 valence electrons. The molecule has 1 saturated heterocycles. The Kier molecular flexibility index (Phi) is 4.09. The Bertz CT molecular complexity index is 1040. The van der Waals surface area contributed by atoms with E-state index in [4.69, 9.17) is 18.9 Å². The number of halogens is 1. The maximum Gasteiger partial charge on any atom is 0.325 e. The number of hydrogen-bond acceptors (Lipinski definition) is 6. The number of nitrogens with one attached hydrogen (secondary N) is 1. The van der Waals surface area contributed by atoms with E-state index in [1.54, 1.807) is 37.3 Å². The van der Waals surface area contributed by atoms with Gasteiger partial charge in [-0.25, -0.2) is 4.79 Å². The van der Waals surface area contributed by atoms with Gasteiger partial charge in [0.1, 0.15) is 18.8 Å². The molecule has 1 atom stereocenters. The summed E-state index contributed by atoms with van der Waals surface area (Å²) in [7, 11) is 0. The number of nitrogens with zero attached hydrogens (tertiary/aromatic N) is 1. The first kappa shape index (κ1) is 18.1. The third-order valence-corrected chi connectivity index (χ3v) is 6.00. The van der Waals surface area contributed by atoms with Crippen molar-refractivity contribution in [2.24, 2.45) is 0 Å². The van der Waals surface area contributed by atoms with Gasteiger partial charge in [0.25, 0.3) is 5.91 Å². The predicted octanol–water partition coefficient (Wildman–Crippen LogP) is 2.92. The highest BCUT2D eigenvalue weighted by atomic mass is 79.9. The van der Waals surface area contributed by atoms with Crippen LogP contribution in [0.5, 0.6) is 23.0 Å². The lowest BCUT2D eigenvalue weighted by Crippen LogP contribution is -2.40. The first-order valence-corrected chi connectivity index (χ1v) is 9.87. The standard InChI is InChI=1S/C20H17BrN2O6/c1-20(12-2-3-14-16(7-12)29-10-28-14)18(24)23(19(25)22-20)9-11-6-15-17(8-13(11)21)27-5-4-26-15/h2-3,6-8H,4-5,9-10H2,1H3,(H,22,25)/t20-/m0/s1. The molecule has 2 aromatic carbocycles. The van der Waals surface area contributed by atoms with Gasteiger partial charge in [-0.3, -0.25) is 9.69 Å². The molecule has 0 radical (unpaired) electrons. The SMILES string of the molecule is C[C@@]1(c2ccc3c(c2)OCO3)NC(=O)N(Cc2cc3c(cc2Br)OCCO3)C1=O. The quantitative estimate of drug-likeness (QED) is 0.708. The number of amides is 3. The molecule has 0 aromatic heterocycles. The Balaban J connectivity index is 1.44. The van der Waals surface area contributed by atoms with Crippen molar-refractivity contribution in [1.29, 1.82) is 0 Å². The summed E-state index contributed by atoms with van der Waals surface area (Å²) in [5, 5.41) is 2.81. The molecule has 3 amide bonds. The highest BCUT2D eigenvalue weighted by Gasteiger charge is 2.49. The summed E-state index contributed by atoms with van der Waals surface area (Å²) in [4.78, 5) is 27.1. The summed E-state index contributed by atoms with van der Waals surface area (Å²) in [5.41, 5.74) is 0.176. The molecule has 2 aromatic rings. The molecule has 0 saturated carbocycles. The number of benzene rings is 2. The number of carbonyl (C=O) groups excluding carboxylic acids is 2. The van der Waals surface area contributed by atoms with Crippen LogP contribution in [0.3, 0.4) is 0 Å². The van der Waals surface area contributed by atoms with E-state index in [2.05, 4.69) is 21.2 Å². The molecule has 3 heterocycles. The van der Waals surface area contributed by atoms with Crippen LogP contribution in [0.2, 0.25) is 0 Å². The van der Waals surface area contributed by atoms with E-state index in [1.807, 2.05) is 0 Å². The zero-order valence-electron chi connectivity index (χ0n) is 15.5. The molecule has 3 aliphatic heterocycles. The second kappa shape index (κ2) is 6.55. The minimum absolute atomic E-state index is 0.0992. The fourth-order valence-electron chi connectivity index (χ4n) is 3.64. The van der Waals surface area contributed by atoms with E-state index in [-0.39, 0.29) is 19.2 Å². The number of urea groups is 1. The summed E-state index contributed by atoms with van der Waals surface area (Å²) in [5.74, 6) is 2.06. The third kappa shape index (κ3) is 2.88. The Hall–Kier alpha value is -2.94. The number of rotatable bonds is 3. The zero-order chi connectivity index (χ0) is 20.2. The van der Waals surface area contributed by atoms with Crippen LogP contribution in [0, 0.1) is 0 Å². The van der Waals surface area contributed by atoms with Crippen LogP contribution in [0.15, 0.2) is 34.8 Å². The highest BCUT2D eigenvalue weighted by molar-refractivity contribution is 9.10. The molecule has 1 N–H and O–H groups in total. The second-order valence-electron chi connectivity index (χ2n) is 7.10. The van der Waals surface area contributed by atoms with Crippen LogP contribution in [0.25, 0.3) is 0 Å². The monoisotopic (exact) mass is 460 g/mol. The third-order valence-electron chi connectivity index (χ3n) is 5.26. The van der Waals surface area contributed by atoms with Crippen molar-refractivity contribution in [3.05, 3.63) is 45.9 Å². The first-order valence-electron chi connectivity index (χ1n) is 9.08. The van der Waals surface area contributed by atoms with Gasteiger partial charge in [0, 0.05) is 4.47 Å². The Morgan fingerprint density at radius 1 is 1.00 bits per heavy atom. The van der Waals surface area contributed by atoms with Crippen molar-refractivity contribution in [2.45, 2.75) is 19.0 Å². The van der Waals surface area contributed by atoms with Crippen LogP contribution in [0.1, 0.15) is 18.1 Å². The van der Waals surface area contributed by atoms with Crippen molar-refractivity contribution in [3.8, 4) is 23.0 Å². The van der Waals surface area contributed by atoms with Gasteiger partial charge in [-0.1, -0.05) is 22.0 Å². The summed E-state index contributed by atoms with van der Waals surface area (Å²) in [6, 6.07) is 8.34. The van der Waals surface area contributed by atoms with Crippen LogP contribution >= 0.6 is 15.9 Å². The predicted molar refractivity (Wildman–Crippen MR) is 104 cm³/mol. The van der Waals surface area contributed by atoms with Gasteiger partial charge in [0.2, 0.25) is 6.79 Å². The van der Waals surface area contributed by atoms with Crippen molar-refractivity contribution < 1.29 is 28.5 Å². The molecule has 1 fully saturated rings. The fraction of sp³-hybridized carbons (Fsp3) is 0.300. The number of fused-ring (bicyclic) bond motifs is 2. The number of hydrogen-bond donors (Lipinski definition) is 1. The molecular weight excluding hydrogens is 444 g/mol. The maximum atomic E-state index is 13.2. The number of imide groups is 1. The van der Waals surface area contributed by atoms with Crippen molar-refractivity contribution in [2.75, 3.05) is 20.0 Å². The van der Waals surface area contributed by atoms with Gasteiger partial charge in [-0.15, -0.1) is 0 Å². The van der Waals surface area contributed by atoms with Crippen molar-refractivity contribution in [3.63, 3.8) is 0 Å². The van der Waals surface area contributed by atoms with E-state index in [9.17, 15) is 9.59 Å². The lowest BCUT2D eigenvalue weighted by atomic mass is 9.91. The average molecular weight is 461 g/mol. The molecule has 0 aliphatic carbocycles. The second-order valence-corrected chi connectivity index (χ2v) is 7.96. The average Bonchev–Trinajstić information content (AvgIpc) is 3.26. The van der Waals surface area contributed by atoms with Gasteiger partial charge >= 0.3 is 6.03 Å². The van der Waals surface area contributed by atoms with Gasteiger partial charge in [-0.2, -0.15) is 0 Å². The maximum absolute atomic E-state index is 13.2. The molecule has 29 heavy (non-hydrogen) atoms. The topological polar surface area (TPSA) is 86.3 Å². The highest BCUT2D eigenvalue weighted by Crippen LogP contribution is 2.40. The van der Waals surface area contributed by atoms with E-state index in [0.29, 0.717) is 41.8 Å². The molecule has 9 heteroatoms. The van der Waals surface area contributed by atoms with Crippen molar-refractivity contribution >= 4 is 27.9 Å². The van der Waals surface area contributed by atoms with E-state index in [1.165, 1.54) is 4.90 Å². The summed E-state index contributed by atoms with van der Waals surface area (Å²) in [6.07, 6.45) is 0. The number of ether oxygens (including phenoxy) is 4. The summed E-state index contributed by atoms with van der Waals surface area (Å²) >= 11 is 3.49. The normalized spacial score (nSPS) is 22.1. The fourth-order valence-corrected chi connectivity index (χ4v) is 4.09. The summed E-state index contributed by atoms with van der Waals surface area (Å²) < 4.78 is 22.6. The Morgan fingerprint density at radius 3 is 2.48 bits per heavy atom. The smallest absolute Gasteiger partial charge is 0.325 e. The minimum Gasteiger partial charge on any atom is -0.486 e. The molecule has 5 rings (SSSR count). The Labute approximate surface area is 174 Å². The zero-order valence-corrected chi connectivity index (χ0v) is 17.1. The Morgan fingerprint density at radius 2 is 1.69 bits per heavy atom. The van der Waals surface area contributed by atoms with Crippen LogP contribution in [-0.4, -0.2) is 36.8 Å². The molecule has 3 aliphatic rings. The van der Waals surface area contributed by atoms with E-state index < -0.39 is 11.6 Å². The minimum atomic E-state index is -1.20. The lowest BCUT2D eigenvalue weighted by Gasteiger charge is -2.23. The molecule has 8 nitrogen and oxygen atoms in total. The van der Waals surface area contributed by atoms with Gasteiger partial charge in [-0.05, 0) is 42.3 Å². The summed E-state index contributed by atoms with van der Waals surface area (Å²) in [6.45, 7) is 2.87. The molecular formula is C20H17BrN2O6. The molecule has 0 unspecified atom stereocenters. The van der Waals surface area contributed by atoms with Gasteiger partial charge in [0.05, 0.1) is 6.54 Å². The van der Waals surface area contributed by atoms with Crippen molar-refractivity contribution in [1.82, 2.24) is 10.2 Å². The van der Waals surface area contributed by atoms with Crippen LogP contribution in [0.4, 0.5) is 4.79 Å². The van der Waals surface area contributed by atoms with Crippen LogP contribution in [-0.2, 0) is 16.9 Å². The van der Waals surface area contributed by atoms with Crippen LogP contribution < -0.4 is 24.3 Å². The lowest BCUT2D eigenvalue weighted by molar-refractivity contribution is -0.131.